The van der Waals surface area contributed by atoms with Crippen molar-refractivity contribution in [1.29, 1.82) is 0 Å². The Balaban J connectivity index is 1.78. The summed E-state index contributed by atoms with van der Waals surface area (Å²) < 4.78 is 17.5. The average Bonchev–Trinajstić information content (AvgIpc) is 3.09. The molecule has 6 nitrogen and oxygen atoms in total. The molecule has 2 aromatic carbocycles. The first kappa shape index (κ1) is 24.0. The van der Waals surface area contributed by atoms with Crippen molar-refractivity contribution in [2.24, 2.45) is 0 Å². The van der Waals surface area contributed by atoms with Gasteiger partial charge in [-0.15, -0.1) is 0 Å². The number of carbonyl (C=O) groups excluding carboxylic acids is 1. The van der Waals surface area contributed by atoms with E-state index in [0.717, 1.165) is 28.9 Å². The summed E-state index contributed by atoms with van der Waals surface area (Å²) in [6, 6.07) is 10.8. The second-order valence-electron chi connectivity index (χ2n) is 9.20. The minimum absolute atomic E-state index is 0.123. The highest BCUT2D eigenvalue weighted by atomic mass is 16.5. The van der Waals surface area contributed by atoms with E-state index >= 15 is 0 Å². The fourth-order valence-electron chi connectivity index (χ4n) is 4.37. The van der Waals surface area contributed by atoms with Crippen LogP contribution in [0.5, 0.6) is 5.75 Å². The van der Waals surface area contributed by atoms with E-state index in [9.17, 15) is 9.59 Å². The van der Waals surface area contributed by atoms with E-state index in [0.29, 0.717) is 42.7 Å². The first-order valence-electron chi connectivity index (χ1n) is 12.0. The van der Waals surface area contributed by atoms with Crippen LogP contribution in [0.25, 0.3) is 11.0 Å². The molecule has 0 fully saturated rings. The molecular formula is C28H33NO5. The number of ether oxygens (including phenoxy) is 2. The van der Waals surface area contributed by atoms with E-state index in [1.54, 1.807) is 4.90 Å². The van der Waals surface area contributed by atoms with Crippen molar-refractivity contribution in [3.63, 3.8) is 0 Å². The first-order valence-corrected chi connectivity index (χ1v) is 12.0. The molecule has 0 spiro atoms. The summed E-state index contributed by atoms with van der Waals surface area (Å²) in [5.41, 5.74) is 3.60. The molecule has 1 atom stereocenters. The fourth-order valence-corrected chi connectivity index (χ4v) is 4.37. The second kappa shape index (κ2) is 10.0. The number of nitrogens with zero attached hydrogens (tertiary/aromatic N) is 1. The van der Waals surface area contributed by atoms with E-state index in [-0.39, 0.29) is 23.2 Å². The molecule has 1 amide bonds. The summed E-state index contributed by atoms with van der Waals surface area (Å²) in [5.74, 6) is 0.651. The van der Waals surface area contributed by atoms with Crippen LogP contribution in [0.3, 0.4) is 0 Å². The van der Waals surface area contributed by atoms with Crippen LogP contribution in [0, 0.1) is 13.8 Å². The van der Waals surface area contributed by atoms with Crippen molar-refractivity contribution < 1.29 is 18.7 Å². The van der Waals surface area contributed by atoms with Crippen molar-refractivity contribution in [3.05, 3.63) is 74.6 Å². The molecule has 34 heavy (non-hydrogen) atoms. The summed E-state index contributed by atoms with van der Waals surface area (Å²) >= 11 is 0. The summed E-state index contributed by atoms with van der Waals surface area (Å²) in [6.07, 6.45) is 1.71. The molecule has 1 aromatic heterocycles. The van der Waals surface area contributed by atoms with Crippen LogP contribution >= 0.6 is 0 Å². The third-order valence-corrected chi connectivity index (χ3v) is 6.25. The van der Waals surface area contributed by atoms with Gasteiger partial charge in [0, 0.05) is 13.2 Å². The van der Waals surface area contributed by atoms with E-state index < -0.39 is 6.04 Å². The zero-order chi connectivity index (χ0) is 24.4. The molecule has 6 heteroatoms. The van der Waals surface area contributed by atoms with Crippen molar-refractivity contribution in [2.45, 2.75) is 59.6 Å². The SMILES string of the molecule is CCCOc1ccc(C2c3c(oc4cc(C)c(C)cc4c3=O)C(=O)N2CCCOC(C)C)cc1. The maximum absolute atomic E-state index is 13.7. The van der Waals surface area contributed by atoms with Crippen LogP contribution in [0.1, 0.15) is 72.5 Å². The van der Waals surface area contributed by atoms with Crippen LogP contribution in [-0.2, 0) is 4.74 Å². The summed E-state index contributed by atoms with van der Waals surface area (Å²) in [7, 11) is 0. The van der Waals surface area contributed by atoms with Crippen LogP contribution in [0.2, 0.25) is 0 Å². The average molecular weight is 464 g/mol. The van der Waals surface area contributed by atoms with Gasteiger partial charge in [-0.25, -0.2) is 0 Å². The summed E-state index contributed by atoms with van der Waals surface area (Å²) in [4.78, 5) is 28.9. The summed E-state index contributed by atoms with van der Waals surface area (Å²) in [5, 5.41) is 0.507. The molecule has 1 unspecified atom stereocenters. The zero-order valence-corrected chi connectivity index (χ0v) is 20.6. The zero-order valence-electron chi connectivity index (χ0n) is 20.6. The van der Waals surface area contributed by atoms with Gasteiger partial charge in [0.15, 0.2) is 5.43 Å². The second-order valence-corrected chi connectivity index (χ2v) is 9.20. The lowest BCUT2D eigenvalue weighted by atomic mass is 9.97. The molecule has 1 aliphatic heterocycles. The van der Waals surface area contributed by atoms with E-state index in [1.807, 2.05) is 64.1 Å². The number of carbonyl (C=O) groups is 1. The standard InChI is InChI=1S/C28H33NO5/c1-6-13-33-21-10-8-20(9-11-21)25-24-26(30)22-15-18(4)19(5)16-23(22)34-27(24)28(31)29(25)12-7-14-32-17(2)3/h8-11,15-17,25H,6-7,12-14H2,1-5H3. The van der Waals surface area contributed by atoms with Gasteiger partial charge >= 0.3 is 0 Å². The van der Waals surface area contributed by atoms with Gasteiger partial charge in [-0.2, -0.15) is 0 Å². The molecule has 0 bridgehead atoms. The number of benzene rings is 2. The Morgan fingerprint density at radius 2 is 1.74 bits per heavy atom. The van der Waals surface area contributed by atoms with E-state index in [2.05, 4.69) is 6.92 Å². The van der Waals surface area contributed by atoms with Crippen LogP contribution in [0.15, 0.2) is 45.6 Å². The van der Waals surface area contributed by atoms with Gasteiger partial charge in [0.1, 0.15) is 11.3 Å². The van der Waals surface area contributed by atoms with E-state index in [4.69, 9.17) is 13.9 Å². The Bertz CT molecular complexity index is 1240. The Kier molecular flexibility index (Phi) is 7.08. The first-order chi connectivity index (χ1) is 16.3. The largest absolute Gasteiger partial charge is 0.494 e. The van der Waals surface area contributed by atoms with Crippen LogP contribution < -0.4 is 10.2 Å². The molecule has 180 valence electrons. The lowest BCUT2D eigenvalue weighted by Crippen LogP contribution is -2.31. The van der Waals surface area contributed by atoms with Gasteiger partial charge in [-0.1, -0.05) is 19.1 Å². The number of hydrogen-bond donors (Lipinski definition) is 0. The van der Waals surface area contributed by atoms with Crippen molar-refractivity contribution in [1.82, 2.24) is 4.90 Å². The van der Waals surface area contributed by atoms with Gasteiger partial charge in [-0.3, -0.25) is 9.59 Å². The summed E-state index contributed by atoms with van der Waals surface area (Å²) in [6.45, 7) is 11.6. The monoisotopic (exact) mass is 463 g/mol. The third-order valence-electron chi connectivity index (χ3n) is 6.25. The lowest BCUT2D eigenvalue weighted by Gasteiger charge is -2.25. The van der Waals surface area contributed by atoms with Crippen LogP contribution in [0.4, 0.5) is 0 Å². The van der Waals surface area contributed by atoms with Crippen molar-refractivity contribution in [2.75, 3.05) is 19.8 Å². The molecule has 0 saturated heterocycles. The predicted molar refractivity (Wildman–Crippen MR) is 133 cm³/mol. The molecule has 0 radical (unpaired) electrons. The maximum atomic E-state index is 13.7. The van der Waals surface area contributed by atoms with Gasteiger partial charge in [0.2, 0.25) is 5.76 Å². The highest BCUT2D eigenvalue weighted by Gasteiger charge is 2.42. The molecule has 1 aliphatic rings. The number of aryl methyl sites for hydroxylation is 2. The minimum Gasteiger partial charge on any atom is -0.494 e. The number of amides is 1. The van der Waals surface area contributed by atoms with Gasteiger partial charge < -0.3 is 18.8 Å². The molecule has 0 aliphatic carbocycles. The topological polar surface area (TPSA) is 69.0 Å². The molecular weight excluding hydrogens is 430 g/mol. The van der Waals surface area contributed by atoms with Crippen molar-refractivity contribution >= 4 is 16.9 Å². The van der Waals surface area contributed by atoms with Gasteiger partial charge in [-0.05, 0) is 81.5 Å². The highest BCUT2D eigenvalue weighted by Crippen LogP contribution is 2.39. The molecule has 2 heterocycles. The quantitative estimate of drug-likeness (QED) is 0.389. The molecule has 4 rings (SSSR count). The number of hydrogen-bond acceptors (Lipinski definition) is 5. The highest BCUT2D eigenvalue weighted by molar-refractivity contribution is 5.99. The maximum Gasteiger partial charge on any atom is 0.290 e. The van der Waals surface area contributed by atoms with Crippen molar-refractivity contribution in [3.8, 4) is 5.75 Å². The Labute approximate surface area is 200 Å². The number of fused-ring (bicyclic) bond motifs is 2. The fraction of sp³-hybridized carbons (Fsp3) is 0.429. The van der Waals surface area contributed by atoms with Gasteiger partial charge in [0.05, 0.1) is 29.7 Å². The lowest BCUT2D eigenvalue weighted by molar-refractivity contribution is 0.0593. The Morgan fingerprint density at radius 1 is 1.03 bits per heavy atom. The van der Waals surface area contributed by atoms with Crippen LogP contribution in [-0.4, -0.2) is 36.7 Å². The van der Waals surface area contributed by atoms with Gasteiger partial charge in [0.25, 0.3) is 5.91 Å². The Morgan fingerprint density at radius 3 is 2.41 bits per heavy atom. The third kappa shape index (κ3) is 4.60. The number of rotatable bonds is 9. The predicted octanol–water partition coefficient (Wildman–Crippen LogP) is 5.56. The molecule has 0 N–H and O–H groups in total. The smallest absolute Gasteiger partial charge is 0.290 e. The normalized spacial score (nSPS) is 15.4. The Hall–Kier alpha value is -3.12. The molecule has 3 aromatic rings. The minimum atomic E-state index is -0.510. The molecule has 0 saturated carbocycles. The van der Waals surface area contributed by atoms with E-state index in [1.165, 1.54) is 0 Å².